The van der Waals surface area contributed by atoms with Gasteiger partial charge in [-0.1, -0.05) is 0 Å². The summed E-state index contributed by atoms with van der Waals surface area (Å²) in [6.07, 6.45) is 0. The van der Waals surface area contributed by atoms with Crippen LogP contribution in [0.2, 0.25) is 0 Å². The number of amides is 1. The van der Waals surface area contributed by atoms with Gasteiger partial charge in [0.25, 0.3) is 0 Å². The molecule has 7 heteroatoms. The molecule has 7 nitrogen and oxygen atoms in total. The lowest BCUT2D eigenvalue weighted by atomic mass is 10.2. The average Bonchev–Trinajstić information content (AvgIpc) is 2.71. The third-order valence-electron chi connectivity index (χ3n) is 2.83. The Bertz CT molecular complexity index is 712. The molecule has 2 N–H and O–H groups in total. The fourth-order valence-corrected chi connectivity index (χ4v) is 1.78. The molecule has 0 saturated heterocycles. The highest BCUT2D eigenvalue weighted by atomic mass is 16.5. The van der Waals surface area contributed by atoms with Crippen molar-refractivity contribution < 1.29 is 18.7 Å². The monoisotopic (exact) mass is 264 g/mol. The largest absolute Gasteiger partial charge is 0.465 e. The number of primary amides is 1. The van der Waals surface area contributed by atoms with Gasteiger partial charge < -0.3 is 14.9 Å². The zero-order chi connectivity index (χ0) is 14.2. The minimum Gasteiger partial charge on any atom is -0.465 e. The third-order valence-corrected chi connectivity index (χ3v) is 2.83. The number of nitrogens with two attached hydrogens (primary N) is 1. The highest BCUT2D eigenvalue weighted by Crippen LogP contribution is 2.18. The lowest BCUT2D eigenvalue weighted by Gasteiger charge is -2.07. The van der Waals surface area contributed by atoms with E-state index in [4.69, 9.17) is 10.2 Å². The van der Waals surface area contributed by atoms with Crippen molar-refractivity contribution in [2.75, 3.05) is 7.11 Å². The van der Waals surface area contributed by atoms with Gasteiger partial charge >= 0.3 is 11.7 Å². The molecule has 0 spiro atoms. The Morgan fingerprint density at radius 2 is 2.11 bits per heavy atom. The highest BCUT2D eigenvalue weighted by Gasteiger charge is 2.20. The van der Waals surface area contributed by atoms with Crippen molar-refractivity contribution in [3.8, 4) is 0 Å². The van der Waals surface area contributed by atoms with Crippen LogP contribution in [0.5, 0.6) is 0 Å². The second kappa shape index (κ2) is 4.60. The van der Waals surface area contributed by atoms with Gasteiger partial charge in [-0.05, 0) is 25.1 Å². The fraction of sp³-hybridized carbons (Fsp3) is 0.250. The fourth-order valence-electron chi connectivity index (χ4n) is 1.78. The van der Waals surface area contributed by atoms with Crippen LogP contribution in [-0.4, -0.2) is 23.6 Å². The minimum absolute atomic E-state index is 0.195. The van der Waals surface area contributed by atoms with Crippen molar-refractivity contribution in [2.45, 2.75) is 13.0 Å². The molecule has 1 unspecified atom stereocenters. The van der Waals surface area contributed by atoms with E-state index in [1.54, 1.807) is 0 Å². The molecular formula is C12H12N2O5. The van der Waals surface area contributed by atoms with Crippen LogP contribution < -0.4 is 11.5 Å². The van der Waals surface area contributed by atoms with Crippen LogP contribution in [0.3, 0.4) is 0 Å². The Morgan fingerprint density at radius 3 is 2.68 bits per heavy atom. The van der Waals surface area contributed by atoms with Gasteiger partial charge in [-0.2, -0.15) is 0 Å². The van der Waals surface area contributed by atoms with Crippen molar-refractivity contribution in [3.05, 3.63) is 34.3 Å². The molecule has 0 radical (unpaired) electrons. The lowest BCUT2D eigenvalue weighted by Crippen LogP contribution is -2.29. The highest BCUT2D eigenvalue weighted by molar-refractivity contribution is 5.93. The summed E-state index contributed by atoms with van der Waals surface area (Å²) in [5.41, 5.74) is 6.01. The van der Waals surface area contributed by atoms with Crippen LogP contribution in [0.4, 0.5) is 0 Å². The summed E-state index contributed by atoms with van der Waals surface area (Å²) >= 11 is 0. The van der Waals surface area contributed by atoms with Gasteiger partial charge in [0, 0.05) is 0 Å². The van der Waals surface area contributed by atoms with Gasteiger partial charge in [0.2, 0.25) is 5.91 Å². The van der Waals surface area contributed by atoms with Gasteiger partial charge in [0.1, 0.15) is 6.04 Å². The average molecular weight is 264 g/mol. The number of rotatable bonds is 3. The van der Waals surface area contributed by atoms with E-state index in [1.165, 1.54) is 32.2 Å². The third kappa shape index (κ3) is 2.10. The van der Waals surface area contributed by atoms with E-state index in [2.05, 4.69) is 4.74 Å². The molecule has 1 aromatic carbocycles. The minimum atomic E-state index is -0.835. The van der Waals surface area contributed by atoms with Gasteiger partial charge in [-0.3, -0.25) is 9.36 Å². The van der Waals surface area contributed by atoms with Crippen LogP contribution in [0, 0.1) is 0 Å². The van der Waals surface area contributed by atoms with E-state index < -0.39 is 23.7 Å². The predicted octanol–water partition coefficient (Wildman–Crippen LogP) is 0.427. The maximum atomic E-state index is 11.7. The quantitative estimate of drug-likeness (QED) is 0.809. The van der Waals surface area contributed by atoms with Crippen molar-refractivity contribution in [1.29, 1.82) is 0 Å². The van der Waals surface area contributed by atoms with E-state index in [9.17, 15) is 14.4 Å². The number of methoxy groups -OCH3 is 1. The molecule has 0 aliphatic rings. The first-order valence-electron chi connectivity index (χ1n) is 5.48. The number of carbonyl (C=O) groups is 2. The summed E-state index contributed by atoms with van der Waals surface area (Å²) in [5, 5.41) is 0. The van der Waals surface area contributed by atoms with Crippen LogP contribution in [0.1, 0.15) is 23.3 Å². The molecule has 2 rings (SSSR count). The summed E-state index contributed by atoms with van der Waals surface area (Å²) in [5.74, 6) is -1.90. The Morgan fingerprint density at radius 1 is 1.42 bits per heavy atom. The molecule has 0 bridgehead atoms. The summed E-state index contributed by atoms with van der Waals surface area (Å²) in [7, 11) is 1.25. The van der Waals surface area contributed by atoms with Crippen LogP contribution in [0.25, 0.3) is 11.1 Å². The van der Waals surface area contributed by atoms with Crippen LogP contribution in [-0.2, 0) is 9.53 Å². The zero-order valence-corrected chi connectivity index (χ0v) is 10.4. The van der Waals surface area contributed by atoms with Gasteiger partial charge in [0.15, 0.2) is 5.58 Å². The van der Waals surface area contributed by atoms with E-state index >= 15 is 0 Å². The normalized spacial score (nSPS) is 12.3. The Kier molecular flexibility index (Phi) is 3.12. The number of fused-ring (bicyclic) bond motifs is 1. The second-order valence-electron chi connectivity index (χ2n) is 3.99. The van der Waals surface area contributed by atoms with E-state index in [1.807, 2.05) is 0 Å². The summed E-state index contributed by atoms with van der Waals surface area (Å²) in [4.78, 5) is 34.2. The maximum absolute atomic E-state index is 11.7. The number of carbonyl (C=O) groups excluding carboxylic acids is 2. The number of ether oxygens (including phenoxy) is 1. The topological polar surface area (TPSA) is 105 Å². The molecular weight excluding hydrogens is 252 g/mol. The summed E-state index contributed by atoms with van der Waals surface area (Å²) < 4.78 is 10.7. The molecule has 1 heterocycles. The van der Waals surface area contributed by atoms with Gasteiger partial charge in [0.05, 0.1) is 18.2 Å². The predicted molar refractivity (Wildman–Crippen MR) is 65.7 cm³/mol. The first-order valence-corrected chi connectivity index (χ1v) is 5.48. The number of aromatic nitrogens is 1. The molecule has 19 heavy (non-hydrogen) atoms. The summed E-state index contributed by atoms with van der Waals surface area (Å²) in [6, 6.07) is 3.53. The molecule has 1 aromatic heterocycles. The molecule has 100 valence electrons. The number of esters is 1. The SMILES string of the molecule is COC(=O)c1ccc2c(c1)oc(=O)n2C(C)C(N)=O. The van der Waals surface area contributed by atoms with Crippen molar-refractivity contribution in [2.24, 2.45) is 5.73 Å². The number of hydrogen-bond acceptors (Lipinski definition) is 5. The first kappa shape index (κ1) is 12.9. The summed E-state index contributed by atoms with van der Waals surface area (Å²) in [6.45, 7) is 1.49. The Labute approximate surface area is 107 Å². The molecule has 0 aliphatic heterocycles. The number of oxazole rings is 1. The smallest absolute Gasteiger partial charge is 0.420 e. The molecule has 0 fully saturated rings. The lowest BCUT2D eigenvalue weighted by molar-refractivity contribution is -0.120. The molecule has 0 saturated carbocycles. The Balaban J connectivity index is 2.64. The van der Waals surface area contributed by atoms with Crippen molar-refractivity contribution >= 4 is 23.0 Å². The molecule has 1 amide bonds. The maximum Gasteiger partial charge on any atom is 0.420 e. The number of hydrogen-bond donors (Lipinski definition) is 1. The van der Waals surface area contributed by atoms with Crippen molar-refractivity contribution in [1.82, 2.24) is 4.57 Å². The molecule has 0 aliphatic carbocycles. The number of nitrogens with zero attached hydrogens (tertiary/aromatic N) is 1. The standard InChI is InChI=1S/C12H12N2O5/c1-6(10(13)15)14-8-4-3-7(11(16)18-2)5-9(8)19-12(14)17/h3-6H,1-2H3,(H2,13,15). The number of benzene rings is 1. The van der Waals surface area contributed by atoms with Crippen LogP contribution >= 0.6 is 0 Å². The Hall–Kier alpha value is -2.57. The zero-order valence-electron chi connectivity index (χ0n) is 10.4. The van der Waals surface area contributed by atoms with Crippen molar-refractivity contribution in [3.63, 3.8) is 0 Å². The van der Waals surface area contributed by atoms with E-state index in [-0.39, 0.29) is 11.1 Å². The van der Waals surface area contributed by atoms with Gasteiger partial charge in [-0.15, -0.1) is 0 Å². The molecule has 2 aromatic rings. The second-order valence-corrected chi connectivity index (χ2v) is 3.99. The van der Waals surface area contributed by atoms with Crippen LogP contribution in [0.15, 0.2) is 27.4 Å². The molecule has 1 atom stereocenters. The van der Waals surface area contributed by atoms with Gasteiger partial charge in [-0.25, -0.2) is 9.59 Å². The van der Waals surface area contributed by atoms with E-state index in [0.717, 1.165) is 4.57 Å². The van der Waals surface area contributed by atoms with E-state index in [0.29, 0.717) is 5.52 Å². The first-order chi connectivity index (χ1) is 8.95.